The molecule has 0 spiro atoms. The van der Waals surface area contributed by atoms with Gasteiger partial charge in [-0.05, 0) is 50.5 Å². The first-order valence-electron chi connectivity index (χ1n) is 9.08. The van der Waals surface area contributed by atoms with Crippen molar-refractivity contribution in [1.29, 1.82) is 0 Å². The number of amides is 1. The predicted octanol–water partition coefficient (Wildman–Crippen LogP) is 2.99. The molecule has 27 heavy (non-hydrogen) atoms. The van der Waals surface area contributed by atoms with Crippen LogP contribution in [0.3, 0.4) is 0 Å². The summed E-state index contributed by atoms with van der Waals surface area (Å²) in [6, 6.07) is 7.65. The molecule has 0 aliphatic rings. The lowest BCUT2D eigenvalue weighted by atomic mass is 10.1. The van der Waals surface area contributed by atoms with Crippen LogP contribution in [0.2, 0.25) is 0 Å². The fraction of sp³-hybridized carbons (Fsp3) is 0.450. The van der Waals surface area contributed by atoms with Crippen LogP contribution in [-0.2, 0) is 6.42 Å². The molecule has 1 unspecified atom stereocenters. The Morgan fingerprint density at radius 2 is 1.89 bits per heavy atom. The fourth-order valence-corrected chi connectivity index (χ4v) is 2.52. The number of aryl methyl sites for hydroxylation is 1. The van der Waals surface area contributed by atoms with Gasteiger partial charge in [0, 0.05) is 18.3 Å². The Hall–Kier alpha value is -2.83. The first-order valence-corrected chi connectivity index (χ1v) is 9.08. The molecule has 146 valence electrons. The fourth-order valence-electron chi connectivity index (χ4n) is 2.52. The zero-order valence-corrected chi connectivity index (χ0v) is 16.6. The molecule has 2 N–H and O–H groups in total. The topological polar surface area (TPSA) is 85.4 Å². The van der Waals surface area contributed by atoms with Crippen LogP contribution in [0.25, 0.3) is 0 Å². The third kappa shape index (κ3) is 5.84. The molecule has 2 aromatic rings. The quantitative estimate of drug-likeness (QED) is 0.704. The van der Waals surface area contributed by atoms with Gasteiger partial charge in [0.1, 0.15) is 5.69 Å². The van der Waals surface area contributed by atoms with Crippen LogP contribution in [-0.4, -0.2) is 42.7 Å². The highest BCUT2D eigenvalue weighted by atomic mass is 16.5. The van der Waals surface area contributed by atoms with Gasteiger partial charge in [0.25, 0.3) is 5.91 Å². The van der Waals surface area contributed by atoms with Crippen LogP contribution >= 0.6 is 0 Å². The summed E-state index contributed by atoms with van der Waals surface area (Å²) >= 11 is 0. The second-order valence-electron chi connectivity index (χ2n) is 6.37. The van der Waals surface area contributed by atoms with E-state index in [1.165, 1.54) is 0 Å². The Labute approximate surface area is 160 Å². The Kier molecular flexibility index (Phi) is 7.40. The number of methoxy groups -OCH3 is 2. The highest BCUT2D eigenvalue weighted by Crippen LogP contribution is 2.27. The lowest BCUT2D eigenvalue weighted by Gasteiger charge is -2.13. The first kappa shape index (κ1) is 20.5. The van der Waals surface area contributed by atoms with Gasteiger partial charge in [-0.3, -0.25) is 4.79 Å². The molecule has 0 saturated carbocycles. The Bertz CT molecular complexity index is 780. The minimum atomic E-state index is -0.215. The maximum absolute atomic E-state index is 12.4. The average Bonchev–Trinajstić information content (AvgIpc) is 2.67. The van der Waals surface area contributed by atoms with Crippen molar-refractivity contribution in [3.63, 3.8) is 0 Å². The number of hydrogen-bond acceptors (Lipinski definition) is 6. The van der Waals surface area contributed by atoms with Crippen LogP contribution in [0.15, 0.2) is 24.3 Å². The average molecular weight is 372 g/mol. The normalized spacial score (nSPS) is 11.6. The maximum atomic E-state index is 12.4. The minimum absolute atomic E-state index is 0.215. The Morgan fingerprint density at radius 3 is 2.56 bits per heavy atom. The summed E-state index contributed by atoms with van der Waals surface area (Å²) in [5.41, 5.74) is 2.16. The van der Waals surface area contributed by atoms with E-state index in [1.807, 2.05) is 25.1 Å². The van der Waals surface area contributed by atoms with E-state index in [0.717, 1.165) is 17.7 Å². The number of nitrogens with zero attached hydrogens (tertiary/aromatic N) is 2. The van der Waals surface area contributed by atoms with Crippen LogP contribution in [0.5, 0.6) is 11.5 Å². The van der Waals surface area contributed by atoms with E-state index in [1.54, 1.807) is 20.3 Å². The molecule has 0 aliphatic carbocycles. The van der Waals surface area contributed by atoms with Gasteiger partial charge in [-0.15, -0.1) is 0 Å². The van der Waals surface area contributed by atoms with Crippen molar-refractivity contribution >= 4 is 11.9 Å². The second-order valence-corrected chi connectivity index (χ2v) is 6.37. The number of ether oxygens (including phenoxy) is 2. The summed E-state index contributed by atoms with van der Waals surface area (Å²) in [6.07, 6.45) is 1.62. The highest BCUT2D eigenvalue weighted by Gasteiger charge is 2.12. The molecule has 0 radical (unpaired) electrons. The standard InChI is InChI=1S/C20H28N4O3/c1-6-13(2)22-20-23-14(3)11-16(24-20)19(25)21-10-9-15-7-8-17(26-4)18(12-15)27-5/h7-8,11-13H,6,9-10H2,1-5H3,(H,21,25)(H,22,23,24). The molecule has 0 fully saturated rings. The third-order valence-electron chi connectivity index (χ3n) is 4.22. The van der Waals surface area contributed by atoms with Crippen molar-refractivity contribution < 1.29 is 14.3 Å². The number of nitrogens with one attached hydrogen (secondary N) is 2. The molecule has 1 aromatic carbocycles. The van der Waals surface area contributed by atoms with Gasteiger partial charge in [0.05, 0.1) is 14.2 Å². The summed E-state index contributed by atoms with van der Waals surface area (Å²) in [5, 5.41) is 6.11. The van der Waals surface area contributed by atoms with Crippen LogP contribution in [0.4, 0.5) is 5.95 Å². The molecule has 7 heteroatoms. The number of carbonyl (C=O) groups excluding carboxylic acids is 1. The van der Waals surface area contributed by atoms with Gasteiger partial charge >= 0.3 is 0 Å². The van der Waals surface area contributed by atoms with Crippen LogP contribution in [0, 0.1) is 6.92 Å². The molecule has 0 bridgehead atoms. The number of rotatable bonds is 9. The van der Waals surface area contributed by atoms with Gasteiger partial charge in [-0.2, -0.15) is 0 Å². The molecular formula is C20H28N4O3. The lowest BCUT2D eigenvalue weighted by Crippen LogP contribution is -2.27. The second kappa shape index (κ2) is 9.75. The van der Waals surface area contributed by atoms with Gasteiger partial charge < -0.3 is 20.1 Å². The van der Waals surface area contributed by atoms with Crippen molar-refractivity contribution in [3.8, 4) is 11.5 Å². The molecule has 1 amide bonds. The smallest absolute Gasteiger partial charge is 0.270 e. The molecule has 1 heterocycles. The van der Waals surface area contributed by atoms with E-state index in [-0.39, 0.29) is 11.9 Å². The van der Waals surface area contributed by atoms with E-state index >= 15 is 0 Å². The van der Waals surface area contributed by atoms with Gasteiger partial charge in [-0.1, -0.05) is 13.0 Å². The van der Waals surface area contributed by atoms with E-state index in [2.05, 4.69) is 34.4 Å². The first-order chi connectivity index (χ1) is 13.0. The molecular weight excluding hydrogens is 344 g/mol. The van der Waals surface area contributed by atoms with Gasteiger partial charge in [-0.25, -0.2) is 9.97 Å². The largest absolute Gasteiger partial charge is 0.493 e. The Morgan fingerprint density at radius 1 is 1.15 bits per heavy atom. The molecule has 2 rings (SSSR count). The molecule has 1 aromatic heterocycles. The van der Waals surface area contributed by atoms with E-state index in [4.69, 9.17) is 9.47 Å². The zero-order valence-electron chi connectivity index (χ0n) is 16.6. The number of hydrogen-bond donors (Lipinski definition) is 2. The van der Waals surface area contributed by atoms with Crippen LogP contribution in [0.1, 0.15) is 42.0 Å². The minimum Gasteiger partial charge on any atom is -0.493 e. The van der Waals surface area contributed by atoms with E-state index in [0.29, 0.717) is 36.1 Å². The predicted molar refractivity (Wildman–Crippen MR) is 106 cm³/mol. The lowest BCUT2D eigenvalue weighted by molar-refractivity contribution is 0.0949. The molecule has 0 aliphatic heterocycles. The van der Waals surface area contributed by atoms with Gasteiger partial charge in [0.2, 0.25) is 5.95 Å². The highest BCUT2D eigenvalue weighted by molar-refractivity contribution is 5.92. The summed E-state index contributed by atoms with van der Waals surface area (Å²) in [7, 11) is 3.21. The molecule has 7 nitrogen and oxygen atoms in total. The summed E-state index contributed by atoms with van der Waals surface area (Å²) in [4.78, 5) is 21.1. The van der Waals surface area contributed by atoms with Crippen molar-refractivity contribution in [2.75, 3.05) is 26.1 Å². The number of aromatic nitrogens is 2. The monoisotopic (exact) mass is 372 g/mol. The summed E-state index contributed by atoms with van der Waals surface area (Å²) < 4.78 is 10.5. The van der Waals surface area contributed by atoms with E-state index in [9.17, 15) is 4.79 Å². The van der Waals surface area contributed by atoms with Crippen molar-refractivity contribution in [2.24, 2.45) is 0 Å². The summed E-state index contributed by atoms with van der Waals surface area (Å²) in [5.74, 6) is 1.62. The van der Waals surface area contributed by atoms with Crippen LogP contribution < -0.4 is 20.1 Å². The number of benzene rings is 1. The number of anilines is 1. The van der Waals surface area contributed by atoms with Gasteiger partial charge in [0.15, 0.2) is 11.5 Å². The van der Waals surface area contributed by atoms with Crippen molar-refractivity contribution in [1.82, 2.24) is 15.3 Å². The molecule has 0 saturated heterocycles. The third-order valence-corrected chi connectivity index (χ3v) is 4.22. The number of carbonyl (C=O) groups is 1. The SMILES string of the molecule is CCC(C)Nc1nc(C)cc(C(=O)NCCc2ccc(OC)c(OC)c2)n1. The molecule has 1 atom stereocenters. The zero-order chi connectivity index (χ0) is 19.8. The Balaban J connectivity index is 1.97. The van der Waals surface area contributed by atoms with Crippen molar-refractivity contribution in [3.05, 3.63) is 41.2 Å². The summed E-state index contributed by atoms with van der Waals surface area (Å²) in [6.45, 7) is 6.47. The van der Waals surface area contributed by atoms with E-state index < -0.39 is 0 Å². The van der Waals surface area contributed by atoms with Crippen molar-refractivity contribution in [2.45, 2.75) is 39.7 Å². The maximum Gasteiger partial charge on any atom is 0.270 e.